The summed E-state index contributed by atoms with van der Waals surface area (Å²) in [5.41, 5.74) is 1.68. The molecular weight excluding hydrogens is 288 g/mol. The van der Waals surface area contributed by atoms with Crippen LogP contribution >= 0.6 is 15.9 Å². The lowest BCUT2D eigenvalue weighted by atomic mass is 9.78. The van der Waals surface area contributed by atoms with Gasteiger partial charge in [-0.25, -0.2) is 0 Å². The van der Waals surface area contributed by atoms with Gasteiger partial charge in [-0.15, -0.1) is 0 Å². The lowest BCUT2D eigenvalue weighted by Crippen LogP contribution is -2.37. The minimum absolute atomic E-state index is 0.479. The zero-order chi connectivity index (χ0) is 13.1. The summed E-state index contributed by atoms with van der Waals surface area (Å²) in [6.07, 6.45) is 3.88. The van der Waals surface area contributed by atoms with E-state index in [2.05, 4.69) is 41.2 Å². The van der Waals surface area contributed by atoms with Gasteiger partial charge in [0.1, 0.15) is 6.07 Å². The molecule has 2 rings (SSSR count). The monoisotopic (exact) mass is 306 g/mol. The second-order valence-corrected chi connectivity index (χ2v) is 6.27. The van der Waals surface area contributed by atoms with Gasteiger partial charge < -0.3 is 5.32 Å². The van der Waals surface area contributed by atoms with Gasteiger partial charge in [-0.3, -0.25) is 0 Å². The van der Waals surface area contributed by atoms with Crippen molar-refractivity contribution in [3.05, 3.63) is 28.2 Å². The SMILES string of the molecule is CC1CCCC(C)C1Nc1ccc(Br)cc1C#N. The highest BCUT2D eigenvalue weighted by molar-refractivity contribution is 9.10. The Balaban J connectivity index is 2.20. The van der Waals surface area contributed by atoms with Gasteiger partial charge in [0.2, 0.25) is 0 Å². The van der Waals surface area contributed by atoms with E-state index in [-0.39, 0.29) is 0 Å². The quantitative estimate of drug-likeness (QED) is 0.869. The molecule has 0 spiro atoms. The maximum atomic E-state index is 9.19. The molecule has 18 heavy (non-hydrogen) atoms. The summed E-state index contributed by atoms with van der Waals surface area (Å²) < 4.78 is 0.953. The molecule has 1 fully saturated rings. The first kappa shape index (κ1) is 13.4. The van der Waals surface area contributed by atoms with E-state index in [4.69, 9.17) is 0 Å². The van der Waals surface area contributed by atoms with Gasteiger partial charge in [0.05, 0.1) is 11.3 Å². The van der Waals surface area contributed by atoms with Crippen LogP contribution in [-0.4, -0.2) is 6.04 Å². The molecule has 0 heterocycles. The highest BCUT2D eigenvalue weighted by Gasteiger charge is 2.27. The van der Waals surface area contributed by atoms with Crippen molar-refractivity contribution in [3.8, 4) is 6.07 Å². The third-order valence-corrected chi connectivity index (χ3v) is 4.46. The summed E-state index contributed by atoms with van der Waals surface area (Å²) in [7, 11) is 0. The lowest BCUT2D eigenvalue weighted by molar-refractivity contribution is 0.268. The Morgan fingerprint density at radius 2 is 1.94 bits per heavy atom. The van der Waals surface area contributed by atoms with Gasteiger partial charge in [0, 0.05) is 10.5 Å². The normalized spacial score (nSPS) is 27.6. The van der Waals surface area contributed by atoms with Crippen LogP contribution in [0.3, 0.4) is 0 Å². The molecule has 96 valence electrons. The average Bonchev–Trinajstić information content (AvgIpc) is 2.35. The molecule has 2 unspecified atom stereocenters. The third kappa shape index (κ3) is 2.87. The van der Waals surface area contributed by atoms with Crippen LogP contribution in [-0.2, 0) is 0 Å². The van der Waals surface area contributed by atoms with Crippen LogP contribution in [0.15, 0.2) is 22.7 Å². The first-order valence-electron chi connectivity index (χ1n) is 6.58. The Kier molecular flexibility index (Phi) is 4.29. The van der Waals surface area contributed by atoms with E-state index in [1.165, 1.54) is 19.3 Å². The van der Waals surface area contributed by atoms with Crippen molar-refractivity contribution in [2.45, 2.75) is 39.2 Å². The van der Waals surface area contributed by atoms with E-state index < -0.39 is 0 Å². The summed E-state index contributed by atoms with van der Waals surface area (Å²) in [5.74, 6) is 1.34. The Hall–Kier alpha value is -1.01. The molecule has 1 aromatic rings. The highest BCUT2D eigenvalue weighted by atomic mass is 79.9. The summed E-state index contributed by atoms with van der Waals surface area (Å²) in [6.45, 7) is 4.61. The van der Waals surface area contributed by atoms with Crippen molar-refractivity contribution in [1.29, 1.82) is 5.26 Å². The van der Waals surface area contributed by atoms with E-state index in [9.17, 15) is 5.26 Å². The molecule has 1 aromatic carbocycles. The van der Waals surface area contributed by atoms with E-state index >= 15 is 0 Å². The average molecular weight is 307 g/mol. The van der Waals surface area contributed by atoms with Crippen molar-refractivity contribution < 1.29 is 0 Å². The molecular formula is C15H19BrN2. The Labute approximate surface area is 118 Å². The number of nitrogens with one attached hydrogen (secondary N) is 1. The van der Waals surface area contributed by atoms with Crippen molar-refractivity contribution in [2.24, 2.45) is 11.8 Å². The molecule has 1 N–H and O–H groups in total. The van der Waals surface area contributed by atoms with Gasteiger partial charge >= 0.3 is 0 Å². The molecule has 0 radical (unpaired) electrons. The van der Waals surface area contributed by atoms with E-state index in [1.807, 2.05) is 18.2 Å². The Morgan fingerprint density at radius 1 is 1.28 bits per heavy atom. The molecule has 0 bridgehead atoms. The fourth-order valence-corrected chi connectivity index (χ4v) is 3.24. The fourth-order valence-electron chi connectivity index (χ4n) is 2.88. The molecule has 0 amide bonds. The van der Waals surface area contributed by atoms with Crippen molar-refractivity contribution >= 4 is 21.6 Å². The number of hydrogen-bond donors (Lipinski definition) is 1. The van der Waals surface area contributed by atoms with E-state index in [0.29, 0.717) is 23.4 Å². The highest BCUT2D eigenvalue weighted by Crippen LogP contribution is 2.32. The smallest absolute Gasteiger partial charge is 0.101 e. The standard InChI is InChI=1S/C15H19BrN2/c1-10-4-3-5-11(2)15(10)18-14-7-6-13(16)8-12(14)9-17/h6-8,10-11,15,18H,3-5H2,1-2H3. The fraction of sp³-hybridized carbons (Fsp3) is 0.533. The topological polar surface area (TPSA) is 35.8 Å². The van der Waals surface area contributed by atoms with Crippen LogP contribution in [0.5, 0.6) is 0 Å². The predicted octanol–water partition coefficient (Wildman–Crippen LogP) is 4.56. The minimum atomic E-state index is 0.479. The molecule has 1 aliphatic rings. The molecule has 3 heteroatoms. The van der Waals surface area contributed by atoms with Crippen LogP contribution < -0.4 is 5.32 Å². The molecule has 0 aromatic heterocycles. The van der Waals surface area contributed by atoms with Gasteiger partial charge in [-0.05, 0) is 42.9 Å². The Morgan fingerprint density at radius 3 is 2.56 bits per heavy atom. The number of anilines is 1. The first-order valence-corrected chi connectivity index (χ1v) is 7.37. The predicted molar refractivity (Wildman–Crippen MR) is 78.4 cm³/mol. The third-order valence-electron chi connectivity index (χ3n) is 3.97. The molecule has 0 aliphatic heterocycles. The van der Waals surface area contributed by atoms with Crippen LogP contribution in [0, 0.1) is 23.2 Å². The summed E-state index contributed by atoms with van der Waals surface area (Å²) in [6, 6.07) is 8.60. The zero-order valence-corrected chi connectivity index (χ0v) is 12.5. The molecule has 2 nitrogen and oxygen atoms in total. The van der Waals surface area contributed by atoms with E-state index in [0.717, 1.165) is 10.2 Å². The second-order valence-electron chi connectivity index (χ2n) is 5.36. The molecule has 2 atom stereocenters. The van der Waals surface area contributed by atoms with Gasteiger partial charge in [0.15, 0.2) is 0 Å². The number of nitrogens with zero attached hydrogens (tertiary/aromatic N) is 1. The summed E-state index contributed by atoms with van der Waals surface area (Å²) in [4.78, 5) is 0. The van der Waals surface area contributed by atoms with Crippen LogP contribution in [0.4, 0.5) is 5.69 Å². The number of benzene rings is 1. The number of halogens is 1. The molecule has 1 saturated carbocycles. The lowest BCUT2D eigenvalue weighted by Gasteiger charge is -2.36. The molecule has 0 saturated heterocycles. The van der Waals surface area contributed by atoms with Crippen molar-refractivity contribution in [3.63, 3.8) is 0 Å². The summed E-state index contributed by atoms with van der Waals surface area (Å²) >= 11 is 3.41. The van der Waals surface area contributed by atoms with Crippen molar-refractivity contribution in [1.82, 2.24) is 0 Å². The zero-order valence-electron chi connectivity index (χ0n) is 10.9. The van der Waals surface area contributed by atoms with Crippen LogP contribution in [0.25, 0.3) is 0 Å². The first-order chi connectivity index (χ1) is 8.61. The van der Waals surface area contributed by atoms with Gasteiger partial charge in [-0.1, -0.05) is 36.2 Å². The Bertz CT molecular complexity index is 454. The second kappa shape index (κ2) is 5.75. The van der Waals surface area contributed by atoms with Gasteiger partial charge in [0.25, 0.3) is 0 Å². The molecule has 1 aliphatic carbocycles. The van der Waals surface area contributed by atoms with Gasteiger partial charge in [-0.2, -0.15) is 5.26 Å². The van der Waals surface area contributed by atoms with Crippen LogP contribution in [0.1, 0.15) is 38.7 Å². The number of rotatable bonds is 2. The largest absolute Gasteiger partial charge is 0.381 e. The van der Waals surface area contributed by atoms with Crippen LogP contribution in [0.2, 0.25) is 0 Å². The van der Waals surface area contributed by atoms with Crippen molar-refractivity contribution in [2.75, 3.05) is 5.32 Å². The number of hydrogen-bond acceptors (Lipinski definition) is 2. The maximum Gasteiger partial charge on any atom is 0.101 e. The maximum absolute atomic E-state index is 9.19. The minimum Gasteiger partial charge on any atom is -0.381 e. The summed E-state index contributed by atoms with van der Waals surface area (Å²) in [5, 5.41) is 12.8. The van der Waals surface area contributed by atoms with E-state index in [1.54, 1.807) is 0 Å². The number of nitriles is 1.